The monoisotopic (exact) mass is 363 g/mol. The van der Waals surface area contributed by atoms with Crippen LogP contribution in [-0.2, 0) is 0 Å². The van der Waals surface area contributed by atoms with Gasteiger partial charge in [0.2, 0.25) is 0 Å². The number of hydrazone groups is 1. The van der Waals surface area contributed by atoms with E-state index in [1.54, 1.807) is 13.3 Å². The number of hydrogen-bond donors (Lipinski definition) is 2. The molecule has 108 valence electrons. The second-order valence-corrected chi connectivity index (χ2v) is 5.31. The van der Waals surface area contributed by atoms with Crippen LogP contribution >= 0.6 is 28.1 Å². The Bertz CT molecular complexity index is 661. The van der Waals surface area contributed by atoms with Gasteiger partial charge in [0, 0.05) is 10.0 Å². The molecule has 0 spiro atoms. The summed E-state index contributed by atoms with van der Waals surface area (Å²) in [5.41, 5.74) is 4.52. The van der Waals surface area contributed by atoms with Gasteiger partial charge in [-0.1, -0.05) is 46.3 Å². The molecular weight excluding hydrogens is 350 g/mol. The molecule has 2 N–H and O–H groups in total. The van der Waals surface area contributed by atoms with Crippen molar-refractivity contribution in [3.05, 3.63) is 58.6 Å². The molecule has 0 bridgehead atoms. The third-order valence-electron chi connectivity index (χ3n) is 2.63. The molecule has 0 amide bonds. The fraction of sp³-hybridized carbons (Fsp3) is 0.0667. The molecule has 0 saturated carbocycles. The smallest absolute Gasteiger partial charge is 0.191 e. The number of benzene rings is 2. The fourth-order valence-electron chi connectivity index (χ4n) is 1.64. The van der Waals surface area contributed by atoms with Crippen LogP contribution in [0.25, 0.3) is 0 Å². The van der Waals surface area contributed by atoms with Gasteiger partial charge in [0.1, 0.15) is 5.75 Å². The minimum absolute atomic E-state index is 0.391. The molecule has 6 heteroatoms. The van der Waals surface area contributed by atoms with Crippen LogP contribution in [0.1, 0.15) is 5.56 Å². The lowest BCUT2D eigenvalue weighted by atomic mass is 10.2. The largest absolute Gasteiger partial charge is 0.495 e. The van der Waals surface area contributed by atoms with Crippen molar-refractivity contribution >= 4 is 45.2 Å². The Morgan fingerprint density at radius 2 is 1.90 bits per heavy atom. The quantitative estimate of drug-likeness (QED) is 0.493. The van der Waals surface area contributed by atoms with Crippen molar-refractivity contribution in [3.8, 4) is 5.75 Å². The van der Waals surface area contributed by atoms with Gasteiger partial charge in [-0.3, -0.25) is 5.43 Å². The van der Waals surface area contributed by atoms with Crippen molar-refractivity contribution in [1.29, 1.82) is 0 Å². The normalized spacial score (nSPS) is 10.4. The first kappa shape index (κ1) is 15.5. The summed E-state index contributed by atoms with van der Waals surface area (Å²) >= 11 is 8.64. The summed E-state index contributed by atoms with van der Waals surface area (Å²) in [7, 11) is 1.61. The Morgan fingerprint density at radius 3 is 2.67 bits per heavy atom. The standard InChI is InChI=1S/C15H14BrN3OS/c1-20-14-9-5-4-8-13(14)18-15(21)19-17-10-11-6-2-3-7-12(11)16/h2-10H,1H3,(H2,18,19,21). The van der Waals surface area contributed by atoms with Gasteiger partial charge >= 0.3 is 0 Å². The Hall–Kier alpha value is -1.92. The van der Waals surface area contributed by atoms with Crippen LogP contribution in [-0.4, -0.2) is 18.4 Å². The molecule has 0 aliphatic rings. The minimum Gasteiger partial charge on any atom is -0.495 e. The molecule has 2 aromatic carbocycles. The third kappa shape index (κ3) is 4.54. The lowest BCUT2D eigenvalue weighted by molar-refractivity contribution is 0.417. The van der Waals surface area contributed by atoms with E-state index < -0.39 is 0 Å². The molecule has 0 radical (unpaired) electrons. The molecule has 0 aliphatic carbocycles. The molecule has 21 heavy (non-hydrogen) atoms. The molecule has 0 atom stereocenters. The van der Waals surface area contributed by atoms with Gasteiger partial charge in [-0.25, -0.2) is 0 Å². The van der Waals surface area contributed by atoms with Gasteiger partial charge < -0.3 is 10.1 Å². The van der Waals surface area contributed by atoms with E-state index in [1.165, 1.54) is 0 Å². The summed E-state index contributed by atoms with van der Waals surface area (Å²) in [6, 6.07) is 15.3. The Labute approximate surface area is 137 Å². The van der Waals surface area contributed by atoms with Gasteiger partial charge in [0.25, 0.3) is 0 Å². The lowest BCUT2D eigenvalue weighted by Crippen LogP contribution is -2.24. The first-order valence-electron chi connectivity index (χ1n) is 6.18. The zero-order chi connectivity index (χ0) is 15.1. The fourth-order valence-corrected chi connectivity index (χ4v) is 2.19. The highest BCUT2D eigenvalue weighted by atomic mass is 79.9. The van der Waals surface area contributed by atoms with Crippen molar-refractivity contribution in [1.82, 2.24) is 5.43 Å². The van der Waals surface area contributed by atoms with Crippen LogP contribution in [0, 0.1) is 0 Å². The van der Waals surface area contributed by atoms with Crippen molar-refractivity contribution in [2.75, 3.05) is 12.4 Å². The van der Waals surface area contributed by atoms with Crippen LogP contribution in [0.3, 0.4) is 0 Å². The highest BCUT2D eigenvalue weighted by Gasteiger charge is 2.02. The first-order valence-corrected chi connectivity index (χ1v) is 7.38. The molecule has 0 fully saturated rings. The third-order valence-corrected chi connectivity index (χ3v) is 3.55. The summed E-state index contributed by atoms with van der Waals surface area (Å²) < 4.78 is 6.21. The molecular formula is C15H14BrN3OS. The summed E-state index contributed by atoms with van der Waals surface area (Å²) in [6.45, 7) is 0. The van der Waals surface area contributed by atoms with Gasteiger partial charge in [-0.05, 0) is 30.4 Å². The second kappa shape index (κ2) is 7.75. The van der Waals surface area contributed by atoms with Crippen LogP contribution in [0.5, 0.6) is 5.75 Å². The van der Waals surface area contributed by atoms with Crippen molar-refractivity contribution in [2.24, 2.45) is 5.10 Å². The van der Waals surface area contributed by atoms with Crippen LogP contribution in [0.15, 0.2) is 58.1 Å². The number of thiocarbonyl (C=S) groups is 1. The van der Waals surface area contributed by atoms with E-state index in [1.807, 2.05) is 48.5 Å². The molecule has 2 aromatic rings. The number of para-hydroxylation sites is 2. The Balaban J connectivity index is 1.95. The highest BCUT2D eigenvalue weighted by molar-refractivity contribution is 9.10. The highest BCUT2D eigenvalue weighted by Crippen LogP contribution is 2.22. The first-order chi connectivity index (χ1) is 10.2. The number of nitrogens with zero attached hydrogens (tertiary/aromatic N) is 1. The molecule has 0 aromatic heterocycles. The number of methoxy groups -OCH3 is 1. The zero-order valence-corrected chi connectivity index (χ0v) is 13.7. The number of anilines is 1. The molecule has 4 nitrogen and oxygen atoms in total. The van der Waals surface area contributed by atoms with Crippen molar-refractivity contribution in [2.45, 2.75) is 0 Å². The van der Waals surface area contributed by atoms with Crippen LogP contribution in [0.2, 0.25) is 0 Å². The number of rotatable bonds is 4. The van der Waals surface area contributed by atoms with E-state index in [0.717, 1.165) is 21.5 Å². The molecule has 2 rings (SSSR count). The maximum Gasteiger partial charge on any atom is 0.191 e. The number of hydrogen-bond acceptors (Lipinski definition) is 3. The topological polar surface area (TPSA) is 45.6 Å². The van der Waals surface area contributed by atoms with E-state index in [9.17, 15) is 0 Å². The van der Waals surface area contributed by atoms with Gasteiger partial charge in [-0.2, -0.15) is 5.10 Å². The van der Waals surface area contributed by atoms with Crippen LogP contribution in [0.4, 0.5) is 5.69 Å². The predicted octanol–water partition coefficient (Wildman–Crippen LogP) is 3.78. The van der Waals surface area contributed by atoms with Crippen LogP contribution < -0.4 is 15.5 Å². The lowest BCUT2D eigenvalue weighted by Gasteiger charge is -2.10. The minimum atomic E-state index is 0.391. The van der Waals surface area contributed by atoms with Crippen molar-refractivity contribution in [3.63, 3.8) is 0 Å². The summed E-state index contributed by atoms with van der Waals surface area (Å²) in [6.07, 6.45) is 1.69. The molecule has 0 heterocycles. The second-order valence-electron chi connectivity index (χ2n) is 4.05. The van der Waals surface area contributed by atoms with Gasteiger partial charge in [0.05, 0.1) is 19.0 Å². The van der Waals surface area contributed by atoms with Gasteiger partial charge in [-0.15, -0.1) is 0 Å². The summed E-state index contributed by atoms with van der Waals surface area (Å²) in [5.74, 6) is 0.719. The molecule has 0 saturated heterocycles. The van der Waals surface area contributed by atoms with E-state index in [-0.39, 0.29) is 0 Å². The SMILES string of the molecule is COc1ccccc1NC(=S)NN=Cc1ccccc1Br. The molecule has 0 unspecified atom stereocenters. The maximum absolute atomic E-state index is 5.24. The summed E-state index contributed by atoms with van der Waals surface area (Å²) in [4.78, 5) is 0. The number of ether oxygens (including phenoxy) is 1. The van der Waals surface area contributed by atoms with E-state index in [0.29, 0.717) is 5.11 Å². The van der Waals surface area contributed by atoms with E-state index in [2.05, 4.69) is 31.8 Å². The average Bonchev–Trinajstić information content (AvgIpc) is 2.50. The van der Waals surface area contributed by atoms with E-state index in [4.69, 9.17) is 17.0 Å². The average molecular weight is 364 g/mol. The maximum atomic E-state index is 5.24. The Morgan fingerprint density at radius 1 is 1.19 bits per heavy atom. The van der Waals surface area contributed by atoms with Gasteiger partial charge in [0.15, 0.2) is 5.11 Å². The number of nitrogens with one attached hydrogen (secondary N) is 2. The van der Waals surface area contributed by atoms with E-state index >= 15 is 0 Å². The zero-order valence-electron chi connectivity index (χ0n) is 11.3. The predicted molar refractivity (Wildman–Crippen MR) is 94.1 cm³/mol. The van der Waals surface area contributed by atoms with Crippen molar-refractivity contribution < 1.29 is 4.74 Å². The number of halogens is 1. The molecule has 0 aliphatic heterocycles. The Kier molecular flexibility index (Phi) is 5.71. The summed E-state index contributed by atoms with van der Waals surface area (Å²) in [5, 5.41) is 7.53.